The number of allylic oxidation sites excluding steroid dienone is 4. The summed E-state index contributed by atoms with van der Waals surface area (Å²) >= 11 is 0. The molecule has 0 spiro atoms. The van der Waals surface area contributed by atoms with E-state index in [1.54, 1.807) is 0 Å². The van der Waals surface area contributed by atoms with Crippen molar-refractivity contribution in [3.8, 4) is 0 Å². The quantitative estimate of drug-likeness (QED) is 0.594. The Morgan fingerprint density at radius 1 is 1.25 bits per heavy atom. The average molecular weight is 165 g/mol. The van der Waals surface area contributed by atoms with Crippen LogP contribution in [-0.2, 0) is 4.74 Å². The summed E-state index contributed by atoms with van der Waals surface area (Å²) in [6.45, 7) is 4.61. The number of hydrogen-bond donors (Lipinski definition) is 1. The zero-order valence-electron chi connectivity index (χ0n) is 7.63. The molecule has 2 heteroatoms. The largest absolute Gasteiger partial charge is 0.471 e. The highest BCUT2D eigenvalue weighted by Gasteiger charge is 2.09. The molecule has 1 heterocycles. The lowest BCUT2D eigenvalue weighted by molar-refractivity contribution is 0.244. The van der Waals surface area contributed by atoms with Crippen molar-refractivity contribution in [1.82, 2.24) is 5.32 Å². The average Bonchev–Trinajstić information content (AvgIpc) is 2.46. The Labute approximate surface area is 73.6 Å². The topological polar surface area (TPSA) is 21.3 Å². The summed E-state index contributed by atoms with van der Waals surface area (Å²) < 4.78 is 5.27. The minimum absolute atomic E-state index is 0.610. The molecule has 0 saturated heterocycles. The van der Waals surface area contributed by atoms with Gasteiger partial charge in [0.2, 0.25) is 0 Å². The second-order valence-electron chi connectivity index (χ2n) is 2.28. The number of ether oxygens (including phenoxy) is 1. The molecule has 0 bridgehead atoms. The van der Waals surface area contributed by atoms with Gasteiger partial charge in [-0.25, -0.2) is 0 Å². The van der Waals surface area contributed by atoms with Crippen LogP contribution in [-0.4, -0.2) is 6.73 Å². The first-order valence-electron chi connectivity index (χ1n) is 4.41. The monoisotopic (exact) mass is 165 g/mol. The Bertz CT molecular complexity index is 204. The maximum Gasteiger partial charge on any atom is 0.159 e. The van der Waals surface area contributed by atoms with Gasteiger partial charge in [0.25, 0.3) is 0 Å². The summed E-state index contributed by atoms with van der Waals surface area (Å²) in [5.41, 5.74) is 1.11. The third-order valence-corrected chi connectivity index (χ3v) is 1.58. The maximum absolute atomic E-state index is 5.27. The van der Waals surface area contributed by atoms with Crippen LogP contribution in [0.3, 0.4) is 0 Å². The molecule has 0 aromatic carbocycles. The summed E-state index contributed by atoms with van der Waals surface area (Å²) in [5, 5.41) is 3.12. The molecular weight excluding hydrogens is 150 g/mol. The first-order valence-corrected chi connectivity index (χ1v) is 4.41. The van der Waals surface area contributed by atoms with Crippen LogP contribution in [0.4, 0.5) is 0 Å². The van der Waals surface area contributed by atoms with Gasteiger partial charge in [-0.1, -0.05) is 26.0 Å². The minimum Gasteiger partial charge on any atom is -0.471 e. The SMILES string of the molecule is C1=CC2=C(C=CC1)OCN2.CC. The van der Waals surface area contributed by atoms with E-state index in [4.69, 9.17) is 4.74 Å². The van der Waals surface area contributed by atoms with Gasteiger partial charge in [0.15, 0.2) is 6.73 Å². The second kappa shape index (κ2) is 4.65. The number of rotatable bonds is 0. The maximum atomic E-state index is 5.27. The van der Waals surface area contributed by atoms with Crippen LogP contribution in [0.1, 0.15) is 20.3 Å². The lowest BCUT2D eigenvalue weighted by atomic mass is 10.3. The van der Waals surface area contributed by atoms with E-state index >= 15 is 0 Å². The van der Waals surface area contributed by atoms with Gasteiger partial charge in [-0.15, -0.1) is 0 Å². The van der Waals surface area contributed by atoms with Crippen LogP contribution >= 0.6 is 0 Å². The standard InChI is InChI=1S/C8H9NO.C2H6/c1-2-4-7-8(5-3-1)10-6-9-7;1-2/h2-5,9H,1,6H2;1-2H3. The van der Waals surface area contributed by atoms with E-state index in [1.807, 2.05) is 19.9 Å². The van der Waals surface area contributed by atoms with Crippen molar-refractivity contribution in [3.63, 3.8) is 0 Å². The number of hydrogen-bond acceptors (Lipinski definition) is 2. The van der Waals surface area contributed by atoms with Crippen molar-refractivity contribution in [2.45, 2.75) is 20.3 Å². The molecule has 0 saturated carbocycles. The molecule has 12 heavy (non-hydrogen) atoms. The third-order valence-electron chi connectivity index (χ3n) is 1.58. The Morgan fingerprint density at radius 2 is 2.00 bits per heavy atom. The summed E-state index contributed by atoms with van der Waals surface area (Å²) in [6.07, 6.45) is 9.27. The van der Waals surface area contributed by atoms with E-state index in [9.17, 15) is 0 Å². The Balaban J connectivity index is 0.000000336. The van der Waals surface area contributed by atoms with Gasteiger partial charge < -0.3 is 10.1 Å². The molecule has 0 radical (unpaired) electrons. The van der Waals surface area contributed by atoms with Crippen LogP contribution in [0, 0.1) is 0 Å². The fraction of sp³-hybridized carbons (Fsp3) is 0.400. The minimum atomic E-state index is 0.610. The highest BCUT2D eigenvalue weighted by molar-refractivity contribution is 5.32. The van der Waals surface area contributed by atoms with Gasteiger partial charge in [0.05, 0.1) is 5.70 Å². The van der Waals surface area contributed by atoms with Crippen molar-refractivity contribution in [2.75, 3.05) is 6.73 Å². The molecule has 1 aliphatic carbocycles. The molecule has 0 atom stereocenters. The van der Waals surface area contributed by atoms with Gasteiger partial charge in [0, 0.05) is 0 Å². The van der Waals surface area contributed by atoms with Crippen molar-refractivity contribution >= 4 is 0 Å². The molecule has 0 aromatic heterocycles. The predicted molar refractivity (Wildman–Crippen MR) is 50.4 cm³/mol. The van der Waals surface area contributed by atoms with Crippen molar-refractivity contribution in [3.05, 3.63) is 35.8 Å². The molecule has 0 unspecified atom stereocenters. The fourth-order valence-corrected chi connectivity index (χ4v) is 1.07. The van der Waals surface area contributed by atoms with Gasteiger partial charge in [0.1, 0.15) is 5.76 Å². The molecule has 0 aromatic rings. The summed E-state index contributed by atoms with van der Waals surface area (Å²) in [6, 6.07) is 0. The molecule has 2 rings (SSSR count). The highest BCUT2D eigenvalue weighted by atomic mass is 16.5. The van der Waals surface area contributed by atoms with Crippen LogP contribution in [0.25, 0.3) is 0 Å². The predicted octanol–water partition coefficient (Wildman–Crippen LogP) is 2.32. The third kappa shape index (κ3) is 1.91. The first kappa shape index (κ1) is 8.91. The van der Waals surface area contributed by atoms with Gasteiger partial charge in [-0.05, 0) is 18.6 Å². The highest BCUT2D eigenvalue weighted by Crippen LogP contribution is 2.15. The smallest absolute Gasteiger partial charge is 0.159 e. The Kier molecular flexibility index (Phi) is 3.45. The summed E-state index contributed by atoms with van der Waals surface area (Å²) in [7, 11) is 0. The van der Waals surface area contributed by atoms with Gasteiger partial charge in [-0.2, -0.15) is 0 Å². The second-order valence-corrected chi connectivity index (χ2v) is 2.28. The van der Waals surface area contributed by atoms with E-state index < -0.39 is 0 Å². The molecule has 1 N–H and O–H groups in total. The molecule has 2 aliphatic rings. The van der Waals surface area contributed by atoms with E-state index in [0.29, 0.717) is 6.73 Å². The van der Waals surface area contributed by atoms with E-state index in [2.05, 4.69) is 23.5 Å². The van der Waals surface area contributed by atoms with Crippen LogP contribution in [0.5, 0.6) is 0 Å². The first-order chi connectivity index (χ1) is 5.97. The molecule has 0 fully saturated rings. The molecule has 66 valence electrons. The number of nitrogens with one attached hydrogen (secondary N) is 1. The van der Waals surface area contributed by atoms with E-state index in [1.165, 1.54) is 0 Å². The van der Waals surface area contributed by atoms with Crippen molar-refractivity contribution in [2.24, 2.45) is 0 Å². The zero-order chi connectivity index (χ0) is 8.81. The van der Waals surface area contributed by atoms with Crippen LogP contribution in [0.15, 0.2) is 35.8 Å². The Morgan fingerprint density at radius 3 is 2.83 bits per heavy atom. The van der Waals surface area contributed by atoms with Crippen LogP contribution < -0.4 is 5.32 Å². The molecule has 2 nitrogen and oxygen atoms in total. The van der Waals surface area contributed by atoms with Crippen molar-refractivity contribution in [1.29, 1.82) is 0 Å². The molecule has 1 aliphatic heterocycles. The molecular formula is C10H15NO. The van der Waals surface area contributed by atoms with E-state index in [-0.39, 0.29) is 0 Å². The van der Waals surface area contributed by atoms with Crippen LogP contribution in [0.2, 0.25) is 0 Å². The zero-order valence-corrected chi connectivity index (χ0v) is 7.63. The Hall–Kier alpha value is -1.18. The van der Waals surface area contributed by atoms with Crippen molar-refractivity contribution < 1.29 is 4.74 Å². The van der Waals surface area contributed by atoms with E-state index in [0.717, 1.165) is 17.9 Å². The van der Waals surface area contributed by atoms with Gasteiger partial charge >= 0.3 is 0 Å². The summed E-state index contributed by atoms with van der Waals surface area (Å²) in [4.78, 5) is 0. The summed E-state index contributed by atoms with van der Waals surface area (Å²) in [5.74, 6) is 0.966. The van der Waals surface area contributed by atoms with Gasteiger partial charge in [-0.3, -0.25) is 0 Å². The normalized spacial score (nSPS) is 18.5. The fourth-order valence-electron chi connectivity index (χ4n) is 1.07. The lowest BCUT2D eigenvalue weighted by Crippen LogP contribution is -2.05. The lowest BCUT2D eigenvalue weighted by Gasteiger charge is -1.91. The molecule has 0 amide bonds.